The van der Waals surface area contributed by atoms with E-state index in [0.29, 0.717) is 17.9 Å². The molecule has 0 atom stereocenters. The highest BCUT2D eigenvalue weighted by Crippen LogP contribution is 2.21. The molecule has 3 nitrogen and oxygen atoms in total. The second kappa shape index (κ2) is 5.00. The summed E-state index contributed by atoms with van der Waals surface area (Å²) in [5, 5.41) is 0. The summed E-state index contributed by atoms with van der Waals surface area (Å²) in [6, 6.07) is 5.14. The van der Waals surface area contributed by atoms with E-state index in [0.717, 1.165) is 4.47 Å². The topological polar surface area (TPSA) is 35.5 Å². The molecule has 0 aliphatic heterocycles. The normalized spacial score (nSPS) is 9.64. The van der Waals surface area contributed by atoms with Crippen molar-refractivity contribution in [1.82, 2.24) is 0 Å². The maximum atomic E-state index is 11.2. The first-order chi connectivity index (χ1) is 6.67. The number of hydrogen-bond acceptors (Lipinski definition) is 3. The van der Waals surface area contributed by atoms with Crippen LogP contribution in [-0.4, -0.2) is 19.7 Å². The Labute approximate surface area is 91.1 Å². The Morgan fingerprint density at radius 2 is 2.14 bits per heavy atom. The van der Waals surface area contributed by atoms with E-state index >= 15 is 0 Å². The molecule has 1 aromatic rings. The van der Waals surface area contributed by atoms with Gasteiger partial charge in [-0.2, -0.15) is 0 Å². The Bertz CT molecular complexity index is 336. The molecule has 0 aromatic heterocycles. The van der Waals surface area contributed by atoms with Crippen LogP contribution < -0.4 is 4.74 Å². The van der Waals surface area contributed by atoms with Crippen molar-refractivity contribution < 1.29 is 14.3 Å². The van der Waals surface area contributed by atoms with Crippen LogP contribution in [0.4, 0.5) is 0 Å². The molecule has 0 amide bonds. The predicted octanol–water partition coefficient (Wildman–Crippen LogP) is 2.63. The van der Waals surface area contributed by atoms with Crippen molar-refractivity contribution >= 4 is 21.9 Å². The molecule has 0 saturated carbocycles. The van der Waals surface area contributed by atoms with Crippen LogP contribution in [0.25, 0.3) is 0 Å². The number of halogens is 1. The Morgan fingerprint density at radius 1 is 1.43 bits per heavy atom. The highest BCUT2D eigenvalue weighted by atomic mass is 79.9. The molecular weight excluding hydrogens is 248 g/mol. The minimum atomic E-state index is -0.368. The van der Waals surface area contributed by atoms with E-state index in [9.17, 15) is 4.79 Å². The van der Waals surface area contributed by atoms with Gasteiger partial charge in [-0.3, -0.25) is 0 Å². The molecule has 14 heavy (non-hydrogen) atoms. The van der Waals surface area contributed by atoms with Gasteiger partial charge in [-0.25, -0.2) is 4.79 Å². The lowest BCUT2D eigenvalue weighted by molar-refractivity contribution is 0.0600. The zero-order valence-corrected chi connectivity index (χ0v) is 9.63. The number of hydrogen-bond donors (Lipinski definition) is 0. The quantitative estimate of drug-likeness (QED) is 0.783. The smallest absolute Gasteiger partial charge is 0.338 e. The summed E-state index contributed by atoms with van der Waals surface area (Å²) >= 11 is 3.29. The van der Waals surface area contributed by atoms with Crippen LogP contribution in [0.2, 0.25) is 0 Å². The van der Waals surface area contributed by atoms with Crippen molar-refractivity contribution in [1.29, 1.82) is 0 Å². The molecule has 0 N–H and O–H groups in total. The second-order valence-corrected chi connectivity index (χ2v) is 3.52. The molecule has 0 saturated heterocycles. The van der Waals surface area contributed by atoms with Crippen LogP contribution in [-0.2, 0) is 4.74 Å². The second-order valence-electron chi connectivity index (χ2n) is 2.60. The Morgan fingerprint density at radius 3 is 2.71 bits per heavy atom. The van der Waals surface area contributed by atoms with E-state index < -0.39 is 0 Å². The van der Waals surface area contributed by atoms with Gasteiger partial charge in [-0.15, -0.1) is 0 Å². The molecule has 0 fully saturated rings. The SMILES string of the molecule is CCOc1cc(Br)cc(C(=O)OC)c1. The van der Waals surface area contributed by atoms with Crippen molar-refractivity contribution in [3.8, 4) is 5.75 Å². The number of methoxy groups -OCH3 is 1. The van der Waals surface area contributed by atoms with Crippen LogP contribution in [0, 0.1) is 0 Å². The predicted molar refractivity (Wildman–Crippen MR) is 56.7 cm³/mol. The zero-order chi connectivity index (χ0) is 10.6. The van der Waals surface area contributed by atoms with Crippen LogP contribution >= 0.6 is 15.9 Å². The Kier molecular flexibility index (Phi) is 3.95. The molecular formula is C10H11BrO3. The molecule has 0 aliphatic carbocycles. The van der Waals surface area contributed by atoms with E-state index in [1.54, 1.807) is 18.2 Å². The summed E-state index contributed by atoms with van der Waals surface area (Å²) in [4.78, 5) is 11.2. The minimum Gasteiger partial charge on any atom is -0.494 e. The monoisotopic (exact) mass is 258 g/mol. The van der Waals surface area contributed by atoms with Gasteiger partial charge in [0.15, 0.2) is 0 Å². The largest absolute Gasteiger partial charge is 0.494 e. The molecule has 4 heteroatoms. The first-order valence-electron chi connectivity index (χ1n) is 4.19. The molecule has 0 bridgehead atoms. The summed E-state index contributed by atoms with van der Waals surface area (Å²) in [6.45, 7) is 2.45. The first-order valence-corrected chi connectivity index (χ1v) is 4.98. The lowest BCUT2D eigenvalue weighted by Gasteiger charge is -2.05. The van der Waals surface area contributed by atoms with Crippen LogP contribution in [0.3, 0.4) is 0 Å². The summed E-state index contributed by atoms with van der Waals surface area (Å²) in [5.41, 5.74) is 0.477. The van der Waals surface area contributed by atoms with Gasteiger partial charge in [0.25, 0.3) is 0 Å². The number of benzene rings is 1. The van der Waals surface area contributed by atoms with E-state index in [1.807, 2.05) is 6.92 Å². The van der Waals surface area contributed by atoms with Crippen molar-refractivity contribution in [2.45, 2.75) is 6.92 Å². The molecule has 0 aliphatic rings. The zero-order valence-electron chi connectivity index (χ0n) is 8.04. The van der Waals surface area contributed by atoms with Gasteiger partial charge in [0.2, 0.25) is 0 Å². The Balaban J connectivity index is 3.00. The summed E-state index contributed by atoms with van der Waals surface area (Å²) < 4.78 is 10.7. The number of esters is 1. The average molecular weight is 259 g/mol. The van der Waals surface area contributed by atoms with Crippen molar-refractivity contribution in [2.24, 2.45) is 0 Å². The highest BCUT2D eigenvalue weighted by Gasteiger charge is 2.08. The van der Waals surface area contributed by atoms with Gasteiger partial charge in [-0.1, -0.05) is 15.9 Å². The van der Waals surface area contributed by atoms with E-state index in [4.69, 9.17) is 4.74 Å². The third-order valence-corrected chi connectivity index (χ3v) is 2.06. The summed E-state index contributed by atoms with van der Waals surface area (Å²) in [6.07, 6.45) is 0. The van der Waals surface area contributed by atoms with Crippen LogP contribution in [0.5, 0.6) is 5.75 Å². The maximum absolute atomic E-state index is 11.2. The van der Waals surface area contributed by atoms with Crippen molar-refractivity contribution in [3.05, 3.63) is 28.2 Å². The van der Waals surface area contributed by atoms with Crippen LogP contribution in [0.1, 0.15) is 17.3 Å². The molecule has 0 spiro atoms. The van der Waals surface area contributed by atoms with E-state index in [-0.39, 0.29) is 5.97 Å². The van der Waals surface area contributed by atoms with Gasteiger partial charge in [0, 0.05) is 4.47 Å². The number of carbonyl (C=O) groups excluding carboxylic acids is 1. The minimum absolute atomic E-state index is 0.368. The van der Waals surface area contributed by atoms with Gasteiger partial charge in [-0.05, 0) is 25.1 Å². The molecule has 76 valence electrons. The van der Waals surface area contributed by atoms with Gasteiger partial charge in [0.05, 0.1) is 19.3 Å². The van der Waals surface area contributed by atoms with E-state index in [1.165, 1.54) is 7.11 Å². The number of rotatable bonds is 3. The fourth-order valence-electron chi connectivity index (χ4n) is 1.05. The third-order valence-electron chi connectivity index (χ3n) is 1.60. The summed E-state index contributed by atoms with van der Waals surface area (Å²) in [7, 11) is 1.35. The van der Waals surface area contributed by atoms with Crippen molar-refractivity contribution in [3.63, 3.8) is 0 Å². The third kappa shape index (κ3) is 2.73. The fourth-order valence-corrected chi connectivity index (χ4v) is 1.52. The maximum Gasteiger partial charge on any atom is 0.338 e. The lowest BCUT2D eigenvalue weighted by Crippen LogP contribution is -2.02. The van der Waals surface area contributed by atoms with Gasteiger partial charge in [0.1, 0.15) is 5.75 Å². The van der Waals surface area contributed by atoms with E-state index in [2.05, 4.69) is 20.7 Å². The van der Waals surface area contributed by atoms with Gasteiger partial charge < -0.3 is 9.47 Å². The lowest BCUT2D eigenvalue weighted by atomic mass is 10.2. The summed E-state index contributed by atoms with van der Waals surface area (Å²) in [5.74, 6) is 0.287. The fraction of sp³-hybridized carbons (Fsp3) is 0.300. The highest BCUT2D eigenvalue weighted by molar-refractivity contribution is 9.10. The molecule has 1 rings (SSSR count). The molecule has 0 unspecified atom stereocenters. The van der Waals surface area contributed by atoms with Crippen LogP contribution in [0.15, 0.2) is 22.7 Å². The van der Waals surface area contributed by atoms with Crippen molar-refractivity contribution in [2.75, 3.05) is 13.7 Å². The first kappa shape index (κ1) is 11.0. The number of carbonyl (C=O) groups is 1. The number of ether oxygens (including phenoxy) is 2. The molecule has 1 aromatic carbocycles. The van der Waals surface area contributed by atoms with Gasteiger partial charge >= 0.3 is 5.97 Å². The average Bonchev–Trinajstić information content (AvgIpc) is 2.16. The Hall–Kier alpha value is -1.03. The molecule has 0 radical (unpaired) electrons. The molecule has 0 heterocycles. The standard InChI is InChI=1S/C10H11BrO3/c1-3-14-9-5-7(10(12)13-2)4-8(11)6-9/h4-6H,3H2,1-2H3.